The van der Waals surface area contributed by atoms with Crippen LogP contribution in [0.3, 0.4) is 0 Å². The van der Waals surface area contributed by atoms with E-state index in [-0.39, 0.29) is 5.91 Å². The Hall–Kier alpha value is -2.07. The van der Waals surface area contributed by atoms with Gasteiger partial charge in [0.05, 0.1) is 29.3 Å². The fourth-order valence-electron chi connectivity index (χ4n) is 1.22. The lowest BCUT2D eigenvalue weighted by Gasteiger charge is -2.00. The van der Waals surface area contributed by atoms with Crippen molar-refractivity contribution in [2.24, 2.45) is 5.10 Å². The third-order valence-corrected chi connectivity index (χ3v) is 2.37. The number of halogens is 1. The summed E-state index contributed by atoms with van der Waals surface area (Å²) in [5.41, 5.74) is 3.54. The van der Waals surface area contributed by atoms with Crippen molar-refractivity contribution in [1.29, 1.82) is 0 Å². The van der Waals surface area contributed by atoms with E-state index in [0.29, 0.717) is 10.6 Å². The number of nitrogens with one attached hydrogen (secondary N) is 1. The van der Waals surface area contributed by atoms with Gasteiger partial charge in [-0.25, -0.2) is 5.43 Å². The summed E-state index contributed by atoms with van der Waals surface area (Å²) < 4.78 is 4.85. The zero-order valence-electron chi connectivity index (χ0n) is 8.76. The number of nitrogens with zero attached hydrogens (tertiary/aromatic N) is 1. The Balaban J connectivity index is 2.01. The molecule has 0 aliphatic heterocycles. The summed E-state index contributed by atoms with van der Waals surface area (Å²) in [6.45, 7) is 0. The minimum Gasteiger partial charge on any atom is -0.472 e. The molecule has 1 heterocycles. The van der Waals surface area contributed by atoms with Gasteiger partial charge in [0.2, 0.25) is 0 Å². The van der Waals surface area contributed by atoms with Gasteiger partial charge in [0.25, 0.3) is 5.91 Å². The van der Waals surface area contributed by atoms with Gasteiger partial charge in [0.1, 0.15) is 0 Å². The Morgan fingerprint density at radius 2 is 2.18 bits per heavy atom. The molecule has 1 aromatic heterocycles. The molecule has 0 aliphatic rings. The van der Waals surface area contributed by atoms with Gasteiger partial charge in [0.15, 0.2) is 0 Å². The predicted octanol–water partition coefficient (Wildman–Crippen LogP) is 2.70. The van der Waals surface area contributed by atoms with E-state index in [0.717, 1.165) is 5.56 Å². The van der Waals surface area contributed by atoms with E-state index in [2.05, 4.69) is 10.5 Å². The van der Waals surface area contributed by atoms with Crippen LogP contribution in [0.1, 0.15) is 15.9 Å². The van der Waals surface area contributed by atoms with Crippen LogP contribution in [0.5, 0.6) is 0 Å². The SMILES string of the molecule is O=C(N/N=C/c1ccoc1)c1ccccc1Cl. The van der Waals surface area contributed by atoms with Crippen LogP contribution in [0.4, 0.5) is 0 Å². The first-order chi connectivity index (χ1) is 8.27. The summed E-state index contributed by atoms with van der Waals surface area (Å²) >= 11 is 5.87. The number of furan rings is 1. The fraction of sp³-hybridized carbons (Fsp3) is 0. The number of hydrogen-bond donors (Lipinski definition) is 1. The molecule has 0 aliphatic carbocycles. The average molecular weight is 249 g/mol. The molecule has 2 rings (SSSR count). The third kappa shape index (κ3) is 2.95. The molecule has 0 unspecified atom stereocenters. The van der Waals surface area contributed by atoms with Gasteiger partial charge >= 0.3 is 0 Å². The van der Waals surface area contributed by atoms with E-state index in [1.54, 1.807) is 30.3 Å². The molecule has 0 radical (unpaired) electrons. The number of rotatable bonds is 3. The summed E-state index contributed by atoms with van der Waals surface area (Å²) in [5, 5.41) is 4.18. The number of amides is 1. The van der Waals surface area contributed by atoms with Crippen LogP contribution in [0.15, 0.2) is 52.4 Å². The smallest absolute Gasteiger partial charge is 0.272 e. The quantitative estimate of drug-likeness (QED) is 0.671. The Bertz CT molecular complexity index is 535. The van der Waals surface area contributed by atoms with Gasteiger partial charge in [0, 0.05) is 5.56 Å². The van der Waals surface area contributed by atoms with E-state index in [1.165, 1.54) is 18.7 Å². The van der Waals surface area contributed by atoms with Crippen molar-refractivity contribution < 1.29 is 9.21 Å². The van der Waals surface area contributed by atoms with Crippen LogP contribution in [-0.4, -0.2) is 12.1 Å². The third-order valence-electron chi connectivity index (χ3n) is 2.04. The minimum atomic E-state index is -0.352. The summed E-state index contributed by atoms with van der Waals surface area (Å²) in [5.74, 6) is -0.352. The molecule has 1 amide bonds. The van der Waals surface area contributed by atoms with E-state index in [9.17, 15) is 4.79 Å². The summed E-state index contributed by atoms with van der Waals surface area (Å²) in [4.78, 5) is 11.7. The maximum atomic E-state index is 11.7. The highest BCUT2D eigenvalue weighted by molar-refractivity contribution is 6.33. The first-order valence-electron chi connectivity index (χ1n) is 4.87. The number of carbonyl (C=O) groups excluding carboxylic acids is 1. The van der Waals surface area contributed by atoms with Crippen LogP contribution in [-0.2, 0) is 0 Å². The number of hydrazone groups is 1. The van der Waals surface area contributed by atoms with E-state index < -0.39 is 0 Å². The highest BCUT2D eigenvalue weighted by atomic mass is 35.5. The fourth-order valence-corrected chi connectivity index (χ4v) is 1.44. The lowest BCUT2D eigenvalue weighted by Crippen LogP contribution is -2.17. The van der Waals surface area contributed by atoms with Gasteiger partial charge in [-0.2, -0.15) is 5.10 Å². The van der Waals surface area contributed by atoms with Crippen molar-refractivity contribution in [2.45, 2.75) is 0 Å². The van der Waals surface area contributed by atoms with Gasteiger partial charge in [-0.3, -0.25) is 4.79 Å². The van der Waals surface area contributed by atoms with Crippen molar-refractivity contribution >= 4 is 23.7 Å². The zero-order chi connectivity index (χ0) is 12.1. The number of hydrogen-bond acceptors (Lipinski definition) is 3. The zero-order valence-corrected chi connectivity index (χ0v) is 9.52. The minimum absolute atomic E-state index is 0.352. The molecular formula is C12H9ClN2O2. The molecule has 4 nitrogen and oxygen atoms in total. The van der Waals surface area contributed by atoms with Gasteiger partial charge in [-0.15, -0.1) is 0 Å². The maximum absolute atomic E-state index is 11.7. The highest BCUT2D eigenvalue weighted by Crippen LogP contribution is 2.14. The predicted molar refractivity (Wildman–Crippen MR) is 65.2 cm³/mol. The first-order valence-corrected chi connectivity index (χ1v) is 5.25. The Kier molecular flexibility index (Phi) is 3.57. The molecule has 1 aromatic carbocycles. The maximum Gasteiger partial charge on any atom is 0.272 e. The molecule has 0 saturated heterocycles. The van der Waals surface area contributed by atoms with E-state index >= 15 is 0 Å². The van der Waals surface area contributed by atoms with Crippen LogP contribution in [0.25, 0.3) is 0 Å². The second-order valence-electron chi connectivity index (χ2n) is 3.24. The lowest BCUT2D eigenvalue weighted by molar-refractivity contribution is 0.0955. The molecule has 0 spiro atoms. The number of benzene rings is 1. The summed E-state index contributed by atoms with van der Waals surface area (Å²) in [6.07, 6.45) is 4.53. The van der Waals surface area contributed by atoms with Crippen molar-refractivity contribution in [2.75, 3.05) is 0 Å². The Morgan fingerprint density at radius 1 is 1.35 bits per heavy atom. The van der Waals surface area contributed by atoms with E-state index in [1.807, 2.05) is 0 Å². The van der Waals surface area contributed by atoms with Crippen LogP contribution < -0.4 is 5.43 Å². The number of carbonyl (C=O) groups is 1. The van der Waals surface area contributed by atoms with Crippen molar-refractivity contribution in [1.82, 2.24) is 5.43 Å². The first kappa shape index (κ1) is 11.4. The highest BCUT2D eigenvalue weighted by Gasteiger charge is 2.07. The topological polar surface area (TPSA) is 54.6 Å². The van der Waals surface area contributed by atoms with Gasteiger partial charge in [-0.05, 0) is 18.2 Å². The molecule has 0 saturated carbocycles. The molecule has 0 fully saturated rings. The normalized spacial score (nSPS) is 10.6. The molecule has 1 N–H and O–H groups in total. The van der Waals surface area contributed by atoms with Crippen LogP contribution in [0, 0.1) is 0 Å². The molecule has 0 atom stereocenters. The Morgan fingerprint density at radius 3 is 2.88 bits per heavy atom. The molecular weight excluding hydrogens is 240 g/mol. The van der Waals surface area contributed by atoms with Gasteiger partial charge in [-0.1, -0.05) is 23.7 Å². The molecule has 17 heavy (non-hydrogen) atoms. The molecule has 0 bridgehead atoms. The van der Waals surface area contributed by atoms with Crippen LogP contribution in [0.2, 0.25) is 5.02 Å². The van der Waals surface area contributed by atoms with Crippen molar-refractivity contribution in [3.8, 4) is 0 Å². The monoisotopic (exact) mass is 248 g/mol. The average Bonchev–Trinajstić information content (AvgIpc) is 2.82. The Labute approximate surface area is 103 Å². The standard InChI is InChI=1S/C12H9ClN2O2/c13-11-4-2-1-3-10(11)12(16)15-14-7-9-5-6-17-8-9/h1-8H,(H,15,16)/b14-7+. The van der Waals surface area contributed by atoms with E-state index in [4.69, 9.17) is 16.0 Å². The second kappa shape index (κ2) is 5.32. The molecule has 5 heteroatoms. The van der Waals surface area contributed by atoms with Gasteiger partial charge < -0.3 is 4.42 Å². The molecule has 86 valence electrons. The summed E-state index contributed by atoms with van der Waals surface area (Å²) in [7, 11) is 0. The van der Waals surface area contributed by atoms with Crippen LogP contribution >= 0.6 is 11.6 Å². The lowest BCUT2D eigenvalue weighted by atomic mass is 10.2. The largest absolute Gasteiger partial charge is 0.472 e. The molecule has 2 aromatic rings. The summed E-state index contributed by atoms with van der Waals surface area (Å²) in [6, 6.07) is 8.50. The van der Waals surface area contributed by atoms with Crippen molar-refractivity contribution in [3.63, 3.8) is 0 Å². The second-order valence-corrected chi connectivity index (χ2v) is 3.64. The van der Waals surface area contributed by atoms with Crippen molar-refractivity contribution in [3.05, 3.63) is 59.0 Å².